The van der Waals surface area contributed by atoms with Gasteiger partial charge in [0.25, 0.3) is 0 Å². The van der Waals surface area contributed by atoms with E-state index in [2.05, 4.69) is 22.3 Å². The monoisotopic (exact) mass is 318 g/mol. The van der Waals surface area contributed by atoms with Gasteiger partial charge in [-0.25, -0.2) is 9.65 Å². The second-order valence-electron chi connectivity index (χ2n) is 3.44. The van der Waals surface area contributed by atoms with Crippen LogP contribution in [0.15, 0.2) is 6.07 Å². The zero-order chi connectivity index (χ0) is 13.2. The Kier molecular flexibility index (Phi) is 5.10. The predicted octanol–water partition coefficient (Wildman–Crippen LogP) is 3.94. The number of aromatic nitrogens is 1. The van der Waals surface area contributed by atoms with E-state index in [0.717, 1.165) is 6.07 Å². The number of pyridine rings is 1. The number of hydrogen-bond donors (Lipinski definition) is 2. The highest BCUT2D eigenvalue weighted by atomic mass is 35.5. The fourth-order valence-electron chi connectivity index (χ4n) is 0.962. The average molecular weight is 319 g/mol. The molecule has 1 N–H and O–H groups in total. The molecule has 96 valence electrons. The first kappa shape index (κ1) is 15.1. The minimum Gasteiger partial charge on any atom is -0.406 e. The number of nitrogens with zero attached hydrogens (tertiary/aromatic N) is 1. The average Bonchev–Trinajstić information content (AvgIpc) is 2.11. The first-order valence-electron chi connectivity index (χ1n) is 4.53. The lowest BCUT2D eigenvalue weighted by molar-refractivity contribution is 0.460. The summed E-state index contributed by atoms with van der Waals surface area (Å²) < 4.78 is 29.8. The Bertz CT molecular complexity index is 475. The Morgan fingerprint density at radius 3 is 2.65 bits per heavy atom. The van der Waals surface area contributed by atoms with E-state index in [4.69, 9.17) is 27.7 Å². The minimum atomic E-state index is -3.44. The van der Waals surface area contributed by atoms with Crippen molar-refractivity contribution in [3.05, 3.63) is 22.1 Å². The lowest BCUT2D eigenvalue weighted by atomic mass is 10.4. The van der Waals surface area contributed by atoms with E-state index in [1.54, 1.807) is 13.8 Å². The maximum absolute atomic E-state index is 13.1. The van der Waals surface area contributed by atoms with Gasteiger partial charge in [0.05, 0.1) is 5.02 Å². The number of halogens is 3. The summed E-state index contributed by atoms with van der Waals surface area (Å²) in [5, 5.41) is 2.28. The summed E-state index contributed by atoms with van der Waals surface area (Å²) in [5.74, 6) is -1.27. The van der Waals surface area contributed by atoms with Crippen LogP contribution in [0.2, 0.25) is 10.0 Å². The molecule has 4 nitrogen and oxygen atoms in total. The molecule has 0 aliphatic heterocycles. The first-order chi connectivity index (χ1) is 7.71. The SMILES string of the molecule is CC(C)NP(=O)(S)Oc1nc(F)c(Cl)cc1Cl. The van der Waals surface area contributed by atoms with Crippen molar-refractivity contribution in [2.24, 2.45) is 0 Å². The van der Waals surface area contributed by atoms with Crippen molar-refractivity contribution in [2.45, 2.75) is 19.9 Å². The number of hydrogen-bond acceptors (Lipinski definition) is 3. The number of thiol groups is 1. The van der Waals surface area contributed by atoms with Crippen LogP contribution in [0.3, 0.4) is 0 Å². The van der Waals surface area contributed by atoms with Crippen LogP contribution in [0.4, 0.5) is 4.39 Å². The molecule has 0 bridgehead atoms. The van der Waals surface area contributed by atoms with Gasteiger partial charge in [-0.3, -0.25) is 0 Å². The highest BCUT2D eigenvalue weighted by Crippen LogP contribution is 2.49. The van der Waals surface area contributed by atoms with Crippen LogP contribution >= 0.6 is 42.2 Å². The van der Waals surface area contributed by atoms with Gasteiger partial charge in [0.1, 0.15) is 5.02 Å². The van der Waals surface area contributed by atoms with Gasteiger partial charge < -0.3 is 4.52 Å². The van der Waals surface area contributed by atoms with E-state index in [0.29, 0.717) is 0 Å². The second-order valence-corrected chi connectivity index (χ2v) is 7.32. The topological polar surface area (TPSA) is 51.2 Å². The van der Waals surface area contributed by atoms with Gasteiger partial charge in [-0.15, -0.1) is 0 Å². The lowest BCUT2D eigenvalue weighted by Crippen LogP contribution is -2.19. The highest BCUT2D eigenvalue weighted by molar-refractivity contribution is 8.45. The van der Waals surface area contributed by atoms with Crippen LogP contribution in [0.1, 0.15) is 13.8 Å². The van der Waals surface area contributed by atoms with Crippen LogP contribution < -0.4 is 9.61 Å². The molecule has 0 aliphatic rings. The van der Waals surface area contributed by atoms with E-state index >= 15 is 0 Å². The molecular weight excluding hydrogens is 309 g/mol. The molecule has 0 fully saturated rings. The summed E-state index contributed by atoms with van der Waals surface area (Å²) in [5.41, 5.74) is 0. The third-order valence-electron chi connectivity index (χ3n) is 1.49. The van der Waals surface area contributed by atoms with Crippen LogP contribution in [0, 0.1) is 5.95 Å². The Hall–Kier alpha value is -0.0000000000000000555. The van der Waals surface area contributed by atoms with Crippen LogP contribution in [-0.2, 0) is 4.57 Å². The maximum Gasteiger partial charge on any atom is 0.372 e. The molecule has 1 rings (SSSR count). The zero-order valence-corrected chi connectivity index (χ0v) is 12.2. The molecule has 0 saturated heterocycles. The van der Waals surface area contributed by atoms with Gasteiger partial charge in [-0.2, -0.15) is 9.37 Å². The Morgan fingerprint density at radius 2 is 2.12 bits per heavy atom. The van der Waals surface area contributed by atoms with Crippen LogP contribution in [0.25, 0.3) is 0 Å². The van der Waals surface area contributed by atoms with E-state index in [1.165, 1.54) is 0 Å². The quantitative estimate of drug-likeness (QED) is 0.501. The van der Waals surface area contributed by atoms with Crippen molar-refractivity contribution in [3.8, 4) is 5.88 Å². The second kappa shape index (κ2) is 5.76. The Labute approximate surface area is 114 Å². The van der Waals surface area contributed by atoms with Crippen molar-refractivity contribution >= 4 is 42.2 Å². The third kappa shape index (κ3) is 4.64. The Morgan fingerprint density at radius 1 is 1.53 bits per heavy atom. The van der Waals surface area contributed by atoms with Gasteiger partial charge in [0, 0.05) is 6.04 Å². The number of rotatable bonds is 4. The van der Waals surface area contributed by atoms with E-state index in [9.17, 15) is 8.96 Å². The smallest absolute Gasteiger partial charge is 0.372 e. The van der Waals surface area contributed by atoms with Gasteiger partial charge >= 0.3 is 6.72 Å². The molecule has 0 spiro atoms. The molecular formula is C8H10Cl2FN2O2PS. The third-order valence-corrected chi connectivity index (χ3v) is 3.88. The molecule has 0 aliphatic carbocycles. The minimum absolute atomic E-state index is 0.0452. The summed E-state index contributed by atoms with van der Waals surface area (Å²) in [7, 11) is 0. The molecule has 1 atom stereocenters. The lowest BCUT2D eigenvalue weighted by Gasteiger charge is -2.17. The standard InChI is InChI=1S/C8H10Cl2FN2O2PS/c1-4(2)13-16(14,17)15-8-6(10)3-5(9)7(11)12-8/h3-4H,1-2H3,(H2,13,14,17). The summed E-state index contributed by atoms with van der Waals surface area (Å²) in [4.78, 5) is 3.35. The van der Waals surface area contributed by atoms with Crippen molar-refractivity contribution < 1.29 is 13.5 Å². The van der Waals surface area contributed by atoms with E-state index in [-0.39, 0.29) is 22.0 Å². The fourth-order valence-corrected chi connectivity index (χ4v) is 3.42. The summed E-state index contributed by atoms with van der Waals surface area (Å²) in [6.07, 6.45) is 0. The van der Waals surface area contributed by atoms with Crippen molar-refractivity contribution in [2.75, 3.05) is 0 Å². The van der Waals surface area contributed by atoms with Gasteiger partial charge in [0.15, 0.2) is 0 Å². The van der Waals surface area contributed by atoms with Gasteiger partial charge in [-0.05, 0) is 19.9 Å². The largest absolute Gasteiger partial charge is 0.406 e. The first-order valence-corrected chi connectivity index (χ1v) is 8.06. The molecule has 1 unspecified atom stereocenters. The fraction of sp³-hybridized carbons (Fsp3) is 0.375. The normalized spacial score (nSPS) is 14.8. The molecule has 1 aromatic rings. The van der Waals surface area contributed by atoms with E-state index < -0.39 is 12.7 Å². The molecule has 0 saturated carbocycles. The van der Waals surface area contributed by atoms with Crippen LogP contribution in [0.5, 0.6) is 5.88 Å². The van der Waals surface area contributed by atoms with Gasteiger partial charge in [-0.1, -0.05) is 35.5 Å². The summed E-state index contributed by atoms with van der Waals surface area (Å²) >= 11 is 15.0. The van der Waals surface area contributed by atoms with E-state index in [1.807, 2.05) is 0 Å². The Balaban J connectivity index is 2.96. The summed E-state index contributed by atoms with van der Waals surface area (Å²) in [6.45, 7) is 0.0626. The van der Waals surface area contributed by atoms with Crippen molar-refractivity contribution in [3.63, 3.8) is 0 Å². The van der Waals surface area contributed by atoms with Crippen molar-refractivity contribution in [1.29, 1.82) is 0 Å². The summed E-state index contributed by atoms with van der Waals surface area (Å²) in [6, 6.07) is 0.985. The molecule has 0 amide bonds. The van der Waals surface area contributed by atoms with Crippen molar-refractivity contribution in [1.82, 2.24) is 10.1 Å². The molecule has 0 radical (unpaired) electrons. The number of nitrogens with one attached hydrogen (secondary N) is 1. The predicted molar refractivity (Wildman–Crippen MR) is 69.7 cm³/mol. The maximum atomic E-state index is 13.1. The molecule has 17 heavy (non-hydrogen) atoms. The molecule has 9 heteroatoms. The molecule has 1 heterocycles. The highest BCUT2D eigenvalue weighted by Gasteiger charge is 2.23. The van der Waals surface area contributed by atoms with Crippen LogP contribution in [-0.4, -0.2) is 11.0 Å². The zero-order valence-electron chi connectivity index (χ0n) is 8.95. The molecule has 0 aromatic carbocycles. The molecule has 1 aromatic heterocycles. The van der Waals surface area contributed by atoms with Gasteiger partial charge in [0.2, 0.25) is 11.8 Å².